The number of hydrogen-bond acceptors (Lipinski definition) is 3. The first-order valence-electron chi connectivity index (χ1n) is 9.70. The highest BCUT2D eigenvalue weighted by atomic mass is 16.3. The molecule has 4 rings (SSSR count). The number of allylic oxidation sites excluding steroid dienone is 1. The zero-order valence-electron chi connectivity index (χ0n) is 15.2. The van der Waals surface area contributed by atoms with Crippen molar-refractivity contribution in [2.24, 2.45) is 28.6 Å². The molecular weight excluding hydrogens is 300 g/mol. The molecule has 1 N–H and O–H groups in total. The van der Waals surface area contributed by atoms with Crippen LogP contribution in [0.5, 0.6) is 0 Å². The average molecular weight is 330 g/mol. The van der Waals surface area contributed by atoms with E-state index in [1.54, 1.807) is 6.92 Å². The van der Waals surface area contributed by atoms with Crippen molar-refractivity contribution in [2.75, 3.05) is 0 Å². The summed E-state index contributed by atoms with van der Waals surface area (Å²) in [6, 6.07) is 0. The number of hydrogen-bond donors (Lipinski definition) is 1. The van der Waals surface area contributed by atoms with Gasteiger partial charge in [0, 0.05) is 11.8 Å². The summed E-state index contributed by atoms with van der Waals surface area (Å²) >= 11 is 0. The monoisotopic (exact) mass is 330 g/mol. The summed E-state index contributed by atoms with van der Waals surface area (Å²) in [5.74, 6) is 1.90. The van der Waals surface area contributed by atoms with Crippen LogP contribution in [0, 0.1) is 28.6 Å². The molecule has 0 heterocycles. The second-order valence-electron chi connectivity index (χ2n) is 9.38. The Kier molecular flexibility index (Phi) is 3.46. The molecule has 3 saturated carbocycles. The van der Waals surface area contributed by atoms with Gasteiger partial charge in [-0.05, 0) is 81.1 Å². The minimum absolute atomic E-state index is 0.0446. The molecule has 0 aromatic rings. The molecule has 3 fully saturated rings. The minimum atomic E-state index is -1.12. The molecule has 0 spiro atoms. The van der Waals surface area contributed by atoms with Crippen LogP contribution in [0.2, 0.25) is 0 Å². The average Bonchev–Trinajstić information content (AvgIpc) is 2.81. The molecule has 132 valence electrons. The smallest absolute Gasteiger partial charge is 0.161 e. The lowest BCUT2D eigenvalue weighted by Gasteiger charge is -2.58. The fourth-order valence-corrected chi connectivity index (χ4v) is 7.15. The maximum absolute atomic E-state index is 12.2. The Labute approximate surface area is 144 Å². The van der Waals surface area contributed by atoms with Gasteiger partial charge < -0.3 is 5.11 Å². The summed E-state index contributed by atoms with van der Waals surface area (Å²) < 4.78 is 0. The van der Waals surface area contributed by atoms with Crippen LogP contribution in [0.15, 0.2) is 11.6 Å². The number of Topliss-reactive ketones (excluding diaryl/α,β-unsaturated/α-hetero) is 1. The summed E-state index contributed by atoms with van der Waals surface area (Å²) in [6.07, 6.45) is 9.37. The standard InChI is InChI=1S/C21H30O3/c1-13(22)21(24)11-8-18-16-5-4-14-12-15(23)6-9-19(14,2)17(16)7-10-20(18,21)3/h12,16-18,24H,4-11H2,1-3H3/t16-,17?,18+,19-,20+,21-/m1/s1. The minimum Gasteiger partial charge on any atom is -0.382 e. The van der Waals surface area contributed by atoms with Crippen molar-refractivity contribution in [2.45, 2.75) is 77.7 Å². The summed E-state index contributed by atoms with van der Waals surface area (Å²) in [6.45, 7) is 6.10. The molecular formula is C21H30O3. The van der Waals surface area contributed by atoms with E-state index in [1.165, 1.54) is 5.57 Å². The van der Waals surface area contributed by atoms with Crippen molar-refractivity contribution >= 4 is 11.6 Å². The van der Waals surface area contributed by atoms with Gasteiger partial charge in [-0.1, -0.05) is 19.4 Å². The molecule has 3 nitrogen and oxygen atoms in total. The molecule has 0 amide bonds. The quantitative estimate of drug-likeness (QED) is 0.795. The molecule has 0 saturated heterocycles. The molecule has 24 heavy (non-hydrogen) atoms. The first-order chi connectivity index (χ1) is 11.2. The van der Waals surface area contributed by atoms with Gasteiger partial charge in [0.1, 0.15) is 5.60 Å². The Morgan fingerprint density at radius 3 is 2.50 bits per heavy atom. The molecule has 0 aliphatic heterocycles. The number of aliphatic hydroxyl groups is 1. The maximum Gasteiger partial charge on any atom is 0.161 e. The van der Waals surface area contributed by atoms with Crippen LogP contribution >= 0.6 is 0 Å². The first-order valence-corrected chi connectivity index (χ1v) is 9.70. The molecule has 4 aliphatic carbocycles. The van der Waals surface area contributed by atoms with Gasteiger partial charge in [-0.3, -0.25) is 9.59 Å². The molecule has 1 unspecified atom stereocenters. The van der Waals surface area contributed by atoms with Gasteiger partial charge in [0.05, 0.1) is 0 Å². The molecule has 0 bridgehead atoms. The van der Waals surface area contributed by atoms with Crippen LogP contribution in [0.25, 0.3) is 0 Å². The Bertz CT molecular complexity index is 635. The third-order valence-electron chi connectivity index (χ3n) is 8.70. The van der Waals surface area contributed by atoms with E-state index in [0.29, 0.717) is 36.4 Å². The van der Waals surface area contributed by atoms with Gasteiger partial charge in [0.15, 0.2) is 11.6 Å². The number of carbonyl (C=O) groups is 2. The highest BCUT2D eigenvalue weighted by Crippen LogP contribution is 2.67. The summed E-state index contributed by atoms with van der Waals surface area (Å²) in [5.41, 5.74) is 0.155. The van der Waals surface area contributed by atoms with Crippen LogP contribution in [-0.4, -0.2) is 22.3 Å². The van der Waals surface area contributed by atoms with Gasteiger partial charge in [-0.25, -0.2) is 0 Å². The molecule has 0 radical (unpaired) electrons. The Hall–Kier alpha value is -0.960. The van der Waals surface area contributed by atoms with Crippen molar-refractivity contribution in [3.8, 4) is 0 Å². The van der Waals surface area contributed by atoms with Crippen LogP contribution in [0.4, 0.5) is 0 Å². The van der Waals surface area contributed by atoms with E-state index < -0.39 is 5.60 Å². The van der Waals surface area contributed by atoms with E-state index in [4.69, 9.17) is 0 Å². The zero-order valence-corrected chi connectivity index (χ0v) is 15.2. The zero-order chi connectivity index (χ0) is 17.3. The predicted octanol–water partition coefficient (Wildman–Crippen LogP) is 3.84. The number of fused-ring (bicyclic) bond motifs is 5. The van der Waals surface area contributed by atoms with Crippen molar-refractivity contribution in [1.82, 2.24) is 0 Å². The van der Waals surface area contributed by atoms with Crippen LogP contribution in [-0.2, 0) is 9.59 Å². The van der Waals surface area contributed by atoms with E-state index in [1.807, 2.05) is 6.08 Å². The van der Waals surface area contributed by atoms with E-state index in [2.05, 4.69) is 13.8 Å². The number of ketones is 2. The van der Waals surface area contributed by atoms with E-state index >= 15 is 0 Å². The summed E-state index contributed by atoms with van der Waals surface area (Å²) in [4.78, 5) is 24.1. The molecule has 0 aromatic carbocycles. The molecule has 6 atom stereocenters. The normalized spacial score (nSPS) is 50.6. The number of rotatable bonds is 1. The van der Waals surface area contributed by atoms with E-state index in [-0.39, 0.29) is 16.6 Å². The van der Waals surface area contributed by atoms with E-state index in [9.17, 15) is 14.7 Å². The third-order valence-corrected chi connectivity index (χ3v) is 8.70. The van der Waals surface area contributed by atoms with Crippen molar-refractivity contribution < 1.29 is 14.7 Å². The second kappa shape index (κ2) is 5.03. The fourth-order valence-electron chi connectivity index (χ4n) is 7.15. The Morgan fingerprint density at radius 1 is 1.08 bits per heavy atom. The Balaban J connectivity index is 1.70. The lowest BCUT2D eigenvalue weighted by Crippen LogP contribution is -2.57. The second-order valence-corrected chi connectivity index (χ2v) is 9.38. The summed E-state index contributed by atoms with van der Waals surface area (Å²) in [7, 11) is 0. The third kappa shape index (κ3) is 1.88. The lowest BCUT2D eigenvalue weighted by molar-refractivity contribution is -0.160. The number of carbonyl (C=O) groups excluding carboxylic acids is 2. The van der Waals surface area contributed by atoms with Gasteiger partial charge in [-0.2, -0.15) is 0 Å². The lowest BCUT2D eigenvalue weighted by atomic mass is 9.46. The van der Waals surface area contributed by atoms with E-state index in [0.717, 1.165) is 38.5 Å². The van der Waals surface area contributed by atoms with Crippen molar-refractivity contribution in [3.05, 3.63) is 11.6 Å². The maximum atomic E-state index is 12.2. The SMILES string of the molecule is CC(=O)[C@]1(O)CC[C@H]2[C@@H]3CCC4=CC(=O)CC[C@@]4(C)C3CC[C@@]21C. The van der Waals surface area contributed by atoms with Gasteiger partial charge in [-0.15, -0.1) is 0 Å². The Morgan fingerprint density at radius 2 is 1.79 bits per heavy atom. The summed E-state index contributed by atoms with van der Waals surface area (Å²) in [5, 5.41) is 11.1. The van der Waals surface area contributed by atoms with Gasteiger partial charge in [0.25, 0.3) is 0 Å². The largest absolute Gasteiger partial charge is 0.382 e. The highest BCUT2D eigenvalue weighted by molar-refractivity contribution is 5.91. The van der Waals surface area contributed by atoms with Crippen LogP contribution in [0.3, 0.4) is 0 Å². The molecule has 0 aromatic heterocycles. The molecule has 3 heteroatoms. The van der Waals surface area contributed by atoms with Crippen molar-refractivity contribution in [1.29, 1.82) is 0 Å². The van der Waals surface area contributed by atoms with Gasteiger partial charge in [0.2, 0.25) is 0 Å². The first kappa shape index (κ1) is 16.5. The van der Waals surface area contributed by atoms with Crippen LogP contribution < -0.4 is 0 Å². The fraction of sp³-hybridized carbons (Fsp3) is 0.810. The molecule has 4 aliphatic rings. The topological polar surface area (TPSA) is 54.4 Å². The predicted molar refractivity (Wildman–Crippen MR) is 92.3 cm³/mol. The van der Waals surface area contributed by atoms with Crippen LogP contribution in [0.1, 0.15) is 72.1 Å². The van der Waals surface area contributed by atoms with Gasteiger partial charge >= 0.3 is 0 Å². The van der Waals surface area contributed by atoms with Crippen molar-refractivity contribution in [3.63, 3.8) is 0 Å². The highest BCUT2D eigenvalue weighted by Gasteiger charge is 2.65.